The van der Waals surface area contributed by atoms with Gasteiger partial charge in [-0.25, -0.2) is 0 Å². The molecule has 1 aliphatic carbocycles. The third-order valence-corrected chi connectivity index (χ3v) is 5.15. The highest BCUT2D eigenvalue weighted by Crippen LogP contribution is 2.35. The number of aromatic nitrogens is 3. The van der Waals surface area contributed by atoms with Gasteiger partial charge in [0.25, 0.3) is 0 Å². The van der Waals surface area contributed by atoms with Crippen LogP contribution in [0.4, 0.5) is 0 Å². The predicted octanol–water partition coefficient (Wildman–Crippen LogP) is 5.41. The first-order chi connectivity index (χ1) is 12.8. The highest BCUT2D eigenvalue weighted by atomic mass is 35.5. The van der Waals surface area contributed by atoms with Crippen molar-refractivity contribution in [3.63, 3.8) is 0 Å². The number of hydrogen-bond acceptors (Lipinski definition) is 3. The molecule has 1 fully saturated rings. The van der Waals surface area contributed by atoms with Crippen molar-refractivity contribution in [2.45, 2.75) is 19.3 Å². The molecule has 0 unspecified atom stereocenters. The number of para-hydroxylation sites is 1. The lowest BCUT2D eigenvalue weighted by Crippen LogP contribution is -2.05. The van der Waals surface area contributed by atoms with E-state index in [0.717, 1.165) is 45.7 Å². The van der Waals surface area contributed by atoms with Crippen molar-refractivity contribution in [3.8, 4) is 11.6 Å². The van der Waals surface area contributed by atoms with Crippen LogP contribution in [0, 0.1) is 5.92 Å². The van der Waals surface area contributed by atoms with E-state index >= 15 is 0 Å². The number of hydrogen-bond donors (Lipinski definition) is 0. The molecule has 0 aliphatic heterocycles. The lowest BCUT2D eigenvalue weighted by atomic mass is 10.2. The van der Waals surface area contributed by atoms with Gasteiger partial charge in [0.1, 0.15) is 5.52 Å². The van der Waals surface area contributed by atoms with Crippen LogP contribution in [-0.2, 0) is 0 Å². The molecular weight excluding hydrogens is 346 g/mol. The van der Waals surface area contributed by atoms with E-state index in [0.29, 0.717) is 11.6 Å². The Balaban J connectivity index is 1.66. The normalized spacial score (nSPS) is 14.2. The quantitative estimate of drug-likeness (QED) is 0.476. The van der Waals surface area contributed by atoms with E-state index in [-0.39, 0.29) is 0 Å². The Bertz CT molecular complexity index is 1080. The average molecular weight is 364 g/mol. The number of nitrogens with zero attached hydrogens (tertiary/aromatic N) is 3. The van der Waals surface area contributed by atoms with Crippen molar-refractivity contribution in [1.29, 1.82) is 0 Å². The number of ether oxygens (including phenoxy) is 1. The van der Waals surface area contributed by atoms with Gasteiger partial charge < -0.3 is 4.74 Å². The fraction of sp³-hybridized carbons (Fsp3) is 0.238. The molecule has 2 aromatic carbocycles. The van der Waals surface area contributed by atoms with Crippen molar-refractivity contribution >= 4 is 33.4 Å². The molecule has 2 aromatic heterocycles. The van der Waals surface area contributed by atoms with Crippen LogP contribution in [0.3, 0.4) is 0 Å². The van der Waals surface area contributed by atoms with Gasteiger partial charge >= 0.3 is 0 Å². The second-order valence-corrected chi connectivity index (χ2v) is 7.25. The van der Waals surface area contributed by atoms with Crippen LogP contribution in [0.2, 0.25) is 5.02 Å². The van der Waals surface area contributed by atoms with Crippen molar-refractivity contribution < 1.29 is 4.74 Å². The first kappa shape index (κ1) is 15.6. The van der Waals surface area contributed by atoms with Gasteiger partial charge in [0.2, 0.25) is 5.88 Å². The minimum Gasteiger partial charge on any atom is -0.477 e. The van der Waals surface area contributed by atoms with Gasteiger partial charge in [0, 0.05) is 16.6 Å². The molecule has 0 spiro atoms. The van der Waals surface area contributed by atoms with E-state index in [1.54, 1.807) is 0 Å². The van der Waals surface area contributed by atoms with Crippen LogP contribution < -0.4 is 4.74 Å². The molecule has 0 atom stereocenters. The van der Waals surface area contributed by atoms with Crippen LogP contribution in [-0.4, -0.2) is 21.4 Å². The minimum atomic E-state index is 0.700. The Labute approximate surface area is 156 Å². The van der Waals surface area contributed by atoms with E-state index in [4.69, 9.17) is 21.4 Å². The van der Waals surface area contributed by atoms with E-state index in [2.05, 4.69) is 11.1 Å². The molecule has 4 aromatic rings. The maximum atomic E-state index is 6.20. The lowest BCUT2D eigenvalue weighted by Gasteiger charge is -2.09. The first-order valence-corrected chi connectivity index (χ1v) is 9.32. The van der Waals surface area contributed by atoms with Gasteiger partial charge in [-0.15, -0.1) is 0 Å². The van der Waals surface area contributed by atoms with Crippen molar-refractivity contribution in [2.75, 3.05) is 6.61 Å². The van der Waals surface area contributed by atoms with Crippen LogP contribution >= 0.6 is 11.6 Å². The molecule has 0 N–H and O–H groups in total. The summed E-state index contributed by atoms with van der Waals surface area (Å²) >= 11 is 6.05. The third-order valence-electron chi connectivity index (χ3n) is 4.90. The molecule has 26 heavy (non-hydrogen) atoms. The van der Waals surface area contributed by atoms with Crippen molar-refractivity contribution in [3.05, 3.63) is 59.8 Å². The zero-order valence-corrected chi connectivity index (χ0v) is 15.0. The van der Waals surface area contributed by atoms with E-state index in [1.165, 1.54) is 12.8 Å². The molecule has 130 valence electrons. The van der Waals surface area contributed by atoms with Gasteiger partial charge in [0.15, 0.2) is 0 Å². The maximum Gasteiger partial charge on any atom is 0.226 e. The van der Waals surface area contributed by atoms with Crippen LogP contribution in [0.1, 0.15) is 19.3 Å². The molecule has 2 heterocycles. The standard InChI is InChI=1S/C21H18ClN3O/c22-15-7-9-16(10-8-15)25-21(26-12-11-14-5-6-14)18-13-23-19-4-2-1-3-17(19)20(18)24-25/h1-4,7-10,13-14H,5-6,11-12H2. The molecule has 0 radical (unpaired) electrons. The summed E-state index contributed by atoms with van der Waals surface area (Å²) < 4.78 is 8.07. The Kier molecular flexibility index (Phi) is 3.79. The number of rotatable bonds is 5. The van der Waals surface area contributed by atoms with Crippen molar-refractivity contribution in [2.24, 2.45) is 5.92 Å². The molecule has 0 amide bonds. The lowest BCUT2D eigenvalue weighted by molar-refractivity contribution is 0.286. The smallest absolute Gasteiger partial charge is 0.226 e. The summed E-state index contributed by atoms with van der Waals surface area (Å²) in [4.78, 5) is 4.59. The van der Waals surface area contributed by atoms with E-state index in [1.807, 2.05) is 53.3 Å². The van der Waals surface area contributed by atoms with Crippen LogP contribution in [0.5, 0.6) is 5.88 Å². The number of halogens is 1. The number of fused-ring (bicyclic) bond motifs is 3. The summed E-state index contributed by atoms with van der Waals surface area (Å²) in [6.45, 7) is 0.700. The largest absolute Gasteiger partial charge is 0.477 e. The summed E-state index contributed by atoms with van der Waals surface area (Å²) in [6.07, 6.45) is 5.61. The summed E-state index contributed by atoms with van der Waals surface area (Å²) in [5.41, 5.74) is 2.77. The summed E-state index contributed by atoms with van der Waals surface area (Å²) in [5.74, 6) is 1.58. The molecule has 5 heteroatoms. The highest BCUT2D eigenvalue weighted by molar-refractivity contribution is 6.30. The molecule has 1 saturated carbocycles. The van der Waals surface area contributed by atoms with Gasteiger partial charge in [-0.2, -0.15) is 9.78 Å². The summed E-state index contributed by atoms with van der Waals surface area (Å²) in [6, 6.07) is 15.7. The predicted molar refractivity (Wildman–Crippen MR) is 104 cm³/mol. The Morgan fingerprint density at radius 2 is 1.85 bits per heavy atom. The zero-order valence-electron chi connectivity index (χ0n) is 14.2. The minimum absolute atomic E-state index is 0.700. The fourth-order valence-electron chi connectivity index (χ4n) is 3.28. The molecule has 0 bridgehead atoms. The van der Waals surface area contributed by atoms with Gasteiger partial charge in [0.05, 0.1) is 23.2 Å². The van der Waals surface area contributed by atoms with E-state index in [9.17, 15) is 0 Å². The van der Waals surface area contributed by atoms with Gasteiger partial charge in [-0.05, 0) is 42.7 Å². The molecule has 0 saturated heterocycles. The van der Waals surface area contributed by atoms with Gasteiger partial charge in [-0.1, -0.05) is 42.6 Å². The number of pyridine rings is 1. The Morgan fingerprint density at radius 1 is 1.04 bits per heavy atom. The topological polar surface area (TPSA) is 39.9 Å². The average Bonchev–Trinajstić information content (AvgIpc) is 3.42. The van der Waals surface area contributed by atoms with Crippen LogP contribution in [0.15, 0.2) is 54.7 Å². The Morgan fingerprint density at radius 3 is 2.65 bits per heavy atom. The highest BCUT2D eigenvalue weighted by Gasteiger charge is 2.22. The van der Waals surface area contributed by atoms with Crippen LogP contribution in [0.25, 0.3) is 27.5 Å². The third kappa shape index (κ3) is 2.80. The summed E-state index contributed by atoms with van der Waals surface area (Å²) in [5, 5.41) is 7.54. The van der Waals surface area contributed by atoms with Gasteiger partial charge in [-0.3, -0.25) is 4.98 Å². The Hall–Kier alpha value is -2.59. The number of benzene rings is 2. The monoisotopic (exact) mass is 363 g/mol. The molecular formula is C21H18ClN3O. The molecule has 4 nitrogen and oxygen atoms in total. The molecule has 1 aliphatic rings. The summed E-state index contributed by atoms with van der Waals surface area (Å²) in [7, 11) is 0. The molecule has 5 rings (SSSR count). The van der Waals surface area contributed by atoms with Crippen molar-refractivity contribution in [1.82, 2.24) is 14.8 Å². The second kappa shape index (κ2) is 6.29. The maximum absolute atomic E-state index is 6.20. The zero-order chi connectivity index (χ0) is 17.5. The SMILES string of the molecule is Clc1ccc(-n2nc3c(cnc4ccccc43)c2OCCC2CC2)cc1. The van der Waals surface area contributed by atoms with E-state index < -0.39 is 0 Å². The fourth-order valence-corrected chi connectivity index (χ4v) is 3.40. The first-order valence-electron chi connectivity index (χ1n) is 8.95. The second-order valence-electron chi connectivity index (χ2n) is 6.81.